The Morgan fingerprint density at radius 3 is 2.50 bits per heavy atom. The second-order valence-electron chi connectivity index (χ2n) is 6.59. The summed E-state index contributed by atoms with van der Waals surface area (Å²) in [5.74, 6) is 0.621. The van der Waals surface area contributed by atoms with Crippen LogP contribution in [0.15, 0.2) is 59.5 Å². The molecule has 1 fully saturated rings. The lowest BCUT2D eigenvalue weighted by molar-refractivity contribution is -0.123. The van der Waals surface area contributed by atoms with E-state index >= 15 is 0 Å². The molecule has 0 spiro atoms. The fourth-order valence-corrected chi connectivity index (χ4v) is 4.20. The highest BCUT2D eigenvalue weighted by atomic mass is 32.2. The molecule has 1 saturated heterocycles. The number of aryl methyl sites for hydroxylation is 1. The van der Waals surface area contributed by atoms with Crippen molar-refractivity contribution >= 4 is 17.7 Å². The Hall–Kier alpha value is -1.98. The molecule has 2 aromatic rings. The maximum absolute atomic E-state index is 12.2. The van der Waals surface area contributed by atoms with Crippen molar-refractivity contribution in [2.24, 2.45) is 0 Å². The van der Waals surface area contributed by atoms with Crippen molar-refractivity contribution in [3.63, 3.8) is 0 Å². The van der Waals surface area contributed by atoms with Crippen LogP contribution < -0.4 is 10.1 Å². The van der Waals surface area contributed by atoms with Crippen LogP contribution in [0, 0.1) is 6.92 Å². The lowest BCUT2D eigenvalue weighted by Crippen LogP contribution is -2.45. The van der Waals surface area contributed by atoms with E-state index in [4.69, 9.17) is 9.47 Å². The van der Waals surface area contributed by atoms with Gasteiger partial charge in [0.1, 0.15) is 5.75 Å². The Bertz CT molecular complexity index is 697. The molecule has 0 unspecified atom stereocenters. The van der Waals surface area contributed by atoms with Crippen LogP contribution in [-0.2, 0) is 9.53 Å². The third-order valence-corrected chi connectivity index (χ3v) is 5.97. The van der Waals surface area contributed by atoms with Crippen LogP contribution in [-0.4, -0.2) is 37.0 Å². The minimum Gasteiger partial charge on any atom is -0.484 e. The number of hydrogen-bond donors (Lipinski definition) is 1. The molecule has 4 nitrogen and oxygen atoms in total. The number of carbonyl (C=O) groups is 1. The molecule has 3 rings (SSSR count). The Labute approximate surface area is 159 Å². The molecule has 138 valence electrons. The van der Waals surface area contributed by atoms with Crippen LogP contribution in [0.25, 0.3) is 0 Å². The van der Waals surface area contributed by atoms with Gasteiger partial charge in [-0.15, -0.1) is 11.8 Å². The zero-order valence-electron chi connectivity index (χ0n) is 15.1. The predicted octanol–water partition coefficient (Wildman–Crippen LogP) is 3.83. The normalized spacial score (nSPS) is 16.0. The van der Waals surface area contributed by atoms with Gasteiger partial charge < -0.3 is 14.8 Å². The van der Waals surface area contributed by atoms with Gasteiger partial charge in [0.15, 0.2) is 6.61 Å². The van der Waals surface area contributed by atoms with Crippen LogP contribution in [0.3, 0.4) is 0 Å². The average molecular weight is 372 g/mol. The van der Waals surface area contributed by atoms with Gasteiger partial charge in [0.2, 0.25) is 0 Å². The summed E-state index contributed by atoms with van der Waals surface area (Å²) in [6.07, 6.45) is 1.84. The van der Waals surface area contributed by atoms with Crippen LogP contribution in [0.2, 0.25) is 0 Å². The molecule has 0 atom stereocenters. The third-order valence-electron chi connectivity index (χ3n) is 4.48. The van der Waals surface area contributed by atoms with E-state index in [0.717, 1.165) is 26.1 Å². The average Bonchev–Trinajstić information content (AvgIpc) is 2.67. The number of thioether (sulfide) groups is 1. The summed E-state index contributed by atoms with van der Waals surface area (Å²) in [4.78, 5) is 13.5. The summed E-state index contributed by atoms with van der Waals surface area (Å²) in [5, 5.41) is 3.05. The fraction of sp³-hybridized carbons (Fsp3) is 0.381. The Balaban J connectivity index is 1.53. The summed E-state index contributed by atoms with van der Waals surface area (Å²) in [7, 11) is 0. The molecule has 26 heavy (non-hydrogen) atoms. The van der Waals surface area contributed by atoms with Gasteiger partial charge in [-0.25, -0.2) is 0 Å². The number of carbonyl (C=O) groups excluding carboxylic acids is 1. The Morgan fingerprint density at radius 1 is 1.12 bits per heavy atom. The van der Waals surface area contributed by atoms with E-state index in [1.807, 2.05) is 61.2 Å². The van der Waals surface area contributed by atoms with Gasteiger partial charge in [-0.2, -0.15) is 0 Å². The van der Waals surface area contributed by atoms with E-state index in [2.05, 4.69) is 17.4 Å². The Kier molecular flexibility index (Phi) is 6.58. The Morgan fingerprint density at radius 2 is 1.81 bits per heavy atom. The van der Waals surface area contributed by atoms with Gasteiger partial charge in [0.25, 0.3) is 5.91 Å². The largest absolute Gasteiger partial charge is 0.484 e. The number of benzene rings is 2. The fourth-order valence-electron chi connectivity index (χ4n) is 2.89. The predicted molar refractivity (Wildman–Crippen MR) is 105 cm³/mol. The maximum atomic E-state index is 12.2. The van der Waals surface area contributed by atoms with Gasteiger partial charge in [-0.05, 0) is 44.0 Å². The number of ether oxygens (including phenoxy) is 2. The first-order valence-corrected chi connectivity index (χ1v) is 9.75. The number of rotatable bonds is 7. The van der Waals surface area contributed by atoms with Gasteiger partial charge in [0, 0.05) is 29.4 Å². The maximum Gasteiger partial charge on any atom is 0.257 e. The first-order chi connectivity index (χ1) is 12.7. The molecule has 1 heterocycles. The van der Waals surface area contributed by atoms with Crippen LogP contribution in [0.5, 0.6) is 5.75 Å². The second-order valence-corrected chi connectivity index (χ2v) is 8.13. The number of nitrogens with one attached hydrogen (secondary N) is 1. The summed E-state index contributed by atoms with van der Waals surface area (Å²) < 4.78 is 11.1. The summed E-state index contributed by atoms with van der Waals surface area (Å²) >= 11 is 1.83. The first-order valence-electron chi connectivity index (χ1n) is 8.93. The minimum atomic E-state index is -0.0925. The molecule has 0 aromatic heterocycles. The van der Waals surface area contributed by atoms with Crippen molar-refractivity contribution in [2.75, 3.05) is 26.4 Å². The molecule has 0 aliphatic carbocycles. The molecule has 0 bridgehead atoms. The lowest BCUT2D eigenvalue weighted by Gasteiger charge is -2.36. The summed E-state index contributed by atoms with van der Waals surface area (Å²) in [6, 6.07) is 18.1. The van der Waals surface area contributed by atoms with Crippen molar-refractivity contribution < 1.29 is 14.3 Å². The highest BCUT2D eigenvalue weighted by molar-refractivity contribution is 8.00. The van der Waals surface area contributed by atoms with Crippen molar-refractivity contribution in [1.29, 1.82) is 0 Å². The van der Waals surface area contributed by atoms with Gasteiger partial charge in [-0.1, -0.05) is 35.9 Å². The van der Waals surface area contributed by atoms with Gasteiger partial charge >= 0.3 is 0 Å². The third kappa shape index (κ3) is 5.51. The summed E-state index contributed by atoms with van der Waals surface area (Å²) in [5.41, 5.74) is 1.17. The quantitative estimate of drug-likeness (QED) is 0.803. The van der Waals surface area contributed by atoms with Gasteiger partial charge in [0.05, 0.1) is 0 Å². The molecule has 1 aliphatic heterocycles. The van der Waals surface area contributed by atoms with E-state index in [-0.39, 0.29) is 17.3 Å². The molecular formula is C21H25NO3S. The lowest BCUT2D eigenvalue weighted by atomic mass is 9.99. The van der Waals surface area contributed by atoms with Crippen molar-refractivity contribution in [3.8, 4) is 5.75 Å². The number of hydrogen-bond acceptors (Lipinski definition) is 4. The second kappa shape index (κ2) is 9.10. The van der Waals surface area contributed by atoms with Crippen molar-refractivity contribution in [2.45, 2.75) is 29.4 Å². The monoisotopic (exact) mass is 371 g/mol. The molecular weight excluding hydrogens is 346 g/mol. The van der Waals surface area contributed by atoms with Crippen LogP contribution in [0.4, 0.5) is 0 Å². The molecule has 1 aliphatic rings. The molecule has 1 amide bonds. The highest BCUT2D eigenvalue weighted by Gasteiger charge is 2.34. The molecule has 5 heteroatoms. The summed E-state index contributed by atoms with van der Waals surface area (Å²) in [6.45, 7) is 4.14. The van der Waals surface area contributed by atoms with E-state index in [9.17, 15) is 4.79 Å². The highest BCUT2D eigenvalue weighted by Crippen LogP contribution is 2.40. The van der Waals surface area contributed by atoms with Crippen LogP contribution in [0.1, 0.15) is 18.4 Å². The van der Waals surface area contributed by atoms with E-state index in [0.29, 0.717) is 12.3 Å². The first kappa shape index (κ1) is 18.8. The van der Waals surface area contributed by atoms with Crippen LogP contribution >= 0.6 is 11.8 Å². The van der Waals surface area contributed by atoms with E-state index in [1.165, 1.54) is 10.5 Å². The van der Waals surface area contributed by atoms with E-state index in [1.54, 1.807) is 0 Å². The molecule has 0 radical (unpaired) electrons. The zero-order chi connectivity index (χ0) is 18.2. The van der Waals surface area contributed by atoms with E-state index < -0.39 is 0 Å². The minimum absolute atomic E-state index is 0.0286. The van der Waals surface area contributed by atoms with Crippen molar-refractivity contribution in [1.82, 2.24) is 5.32 Å². The topological polar surface area (TPSA) is 47.6 Å². The SMILES string of the molecule is Cc1ccc(OCC(=O)NCC2(Sc3ccccc3)CCOCC2)cc1. The molecule has 0 saturated carbocycles. The smallest absolute Gasteiger partial charge is 0.257 e. The van der Waals surface area contributed by atoms with Crippen molar-refractivity contribution in [3.05, 3.63) is 60.2 Å². The molecule has 1 N–H and O–H groups in total. The zero-order valence-corrected chi connectivity index (χ0v) is 15.9. The number of amides is 1. The molecule has 2 aromatic carbocycles. The standard InChI is InChI=1S/C21H25NO3S/c1-17-7-9-18(10-8-17)25-15-20(23)22-16-21(11-13-24-14-12-21)26-19-5-3-2-4-6-19/h2-10H,11-16H2,1H3,(H,22,23). The van der Waals surface area contributed by atoms with Gasteiger partial charge in [-0.3, -0.25) is 4.79 Å².